The van der Waals surface area contributed by atoms with Crippen LogP contribution in [0.4, 0.5) is 0 Å². The summed E-state index contributed by atoms with van der Waals surface area (Å²) in [6, 6.07) is 1.64. The fourth-order valence-corrected chi connectivity index (χ4v) is 3.41. The topological polar surface area (TPSA) is 62.1 Å². The molecule has 0 radical (unpaired) electrons. The first-order valence-electron chi connectivity index (χ1n) is 6.38. The van der Waals surface area contributed by atoms with Crippen molar-refractivity contribution in [3.05, 3.63) is 26.0 Å². The van der Waals surface area contributed by atoms with Crippen molar-refractivity contribution in [3.8, 4) is 11.5 Å². The summed E-state index contributed by atoms with van der Waals surface area (Å²) in [5.74, 6) is 0.00580. The van der Waals surface area contributed by atoms with Gasteiger partial charge in [0.05, 0.1) is 11.5 Å². The zero-order chi connectivity index (χ0) is 16.4. The molecule has 118 valence electrons. The number of rotatable bonds is 3. The first kappa shape index (κ1) is 17.2. The van der Waals surface area contributed by atoms with E-state index in [1.807, 2.05) is 6.92 Å². The second-order valence-corrected chi connectivity index (χ2v) is 6.53. The van der Waals surface area contributed by atoms with Gasteiger partial charge >= 0.3 is 0 Å². The number of phenolic OH excluding ortho intramolecular Hbond substituents is 1. The zero-order valence-electron chi connectivity index (χ0n) is 12.2. The quantitative estimate of drug-likeness (QED) is 0.778. The van der Waals surface area contributed by atoms with Gasteiger partial charge in [-0.15, -0.1) is 0 Å². The highest BCUT2D eigenvalue weighted by atomic mass is 79.9. The molecule has 1 amide bonds. The van der Waals surface area contributed by atoms with Crippen LogP contribution in [0.3, 0.4) is 0 Å². The lowest BCUT2D eigenvalue weighted by Crippen LogP contribution is -2.23. The van der Waals surface area contributed by atoms with Gasteiger partial charge in [0.15, 0.2) is 16.7 Å². The Bertz CT molecular complexity index is 691. The molecule has 8 heteroatoms. The predicted molar refractivity (Wildman–Crippen MR) is 93.7 cm³/mol. The summed E-state index contributed by atoms with van der Waals surface area (Å²) in [6.45, 7) is 2.20. The van der Waals surface area contributed by atoms with Crippen LogP contribution >= 0.6 is 39.3 Å². The van der Waals surface area contributed by atoms with Crippen LogP contribution in [0.15, 0.2) is 20.4 Å². The number of likely N-dealkylation sites (N-methyl/N-ethyl adjacent to an activating group) is 1. The lowest BCUT2D eigenvalue weighted by molar-refractivity contribution is -0.121. The first-order chi connectivity index (χ1) is 10.4. The molecule has 0 atom stereocenters. The third-order valence-electron chi connectivity index (χ3n) is 2.96. The van der Waals surface area contributed by atoms with Crippen LogP contribution in [0.1, 0.15) is 12.5 Å². The van der Waals surface area contributed by atoms with E-state index in [0.29, 0.717) is 26.7 Å². The van der Waals surface area contributed by atoms with Crippen molar-refractivity contribution in [2.24, 2.45) is 4.99 Å². The number of phenols is 1. The van der Waals surface area contributed by atoms with E-state index in [0.717, 1.165) is 0 Å². The van der Waals surface area contributed by atoms with Gasteiger partial charge in [0.2, 0.25) is 0 Å². The van der Waals surface area contributed by atoms with Gasteiger partial charge in [-0.25, -0.2) is 0 Å². The predicted octanol–water partition coefficient (Wildman–Crippen LogP) is 3.74. The normalized spacial score (nSPS) is 18.6. The summed E-state index contributed by atoms with van der Waals surface area (Å²) in [5.41, 5.74) is 0.646. The Hall–Kier alpha value is -1.18. The van der Waals surface area contributed by atoms with Crippen molar-refractivity contribution in [1.82, 2.24) is 4.90 Å². The van der Waals surface area contributed by atoms with Crippen LogP contribution < -0.4 is 4.74 Å². The molecular weight excluding hydrogens is 392 g/mol. The molecule has 5 nitrogen and oxygen atoms in total. The summed E-state index contributed by atoms with van der Waals surface area (Å²) < 4.78 is 5.86. The van der Waals surface area contributed by atoms with Gasteiger partial charge in [0, 0.05) is 18.6 Å². The van der Waals surface area contributed by atoms with Gasteiger partial charge in [-0.2, -0.15) is 0 Å². The molecule has 0 bridgehead atoms. The number of aromatic hydroxyl groups is 1. The minimum absolute atomic E-state index is 0.129. The average molecular weight is 406 g/mol. The first-order valence-corrected chi connectivity index (χ1v) is 8.37. The maximum Gasteiger partial charge on any atom is 0.266 e. The Kier molecular flexibility index (Phi) is 5.41. The van der Waals surface area contributed by atoms with Crippen molar-refractivity contribution in [2.45, 2.75) is 6.92 Å². The van der Waals surface area contributed by atoms with E-state index in [4.69, 9.17) is 16.3 Å². The van der Waals surface area contributed by atoms with E-state index in [9.17, 15) is 9.90 Å². The number of nitrogens with zero attached hydrogens (tertiary/aromatic N) is 2. The number of carbonyl (C=O) groups excluding carboxylic acids is 1. The molecule has 1 saturated heterocycles. The SMILES string of the molecule is CCOc1cc(/C=C2/SC(=NC)N(C)C2=O)c(Br)c(Cl)c1O. The van der Waals surface area contributed by atoms with E-state index in [1.165, 1.54) is 16.7 Å². The second-order valence-electron chi connectivity index (χ2n) is 4.35. The van der Waals surface area contributed by atoms with E-state index in [1.54, 1.807) is 26.2 Å². The Morgan fingerprint density at radius 2 is 2.27 bits per heavy atom. The Morgan fingerprint density at radius 3 is 2.82 bits per heavy atom. The van der Waals surface area contributed by atoms with Crippen LogP contribution in [-0.2, 0) is 4.79 Å². The molecular formula is C14H14BrClN2O3S. The lowest BCUT2D eigenvalue weighted by atomic mass is 10.2. The molecule has 1 heterocycles. The third kappa shape index (κ3) is 3.11. The monoisotopic (exact) mass is 404 g/mol. The standard InChI is InChI=1S/C14H14BrClN2O3S/c1-4-21-8-5-7(10(15)11(16)12(8)19)6-9-13(20)18(3)14(17-2)22-9/h5-6,19H,4H2,1-3H3/b9-6+,17-14?. The van der Waals surface area contributed by atoms with Gasteiger partial charge < -0.3 is 9.84 Å². The van der Waals surface area contributed by atoms with Crippen LogP contribution in [0.2, 0.25) is 5.02 Å². The molecule has 1 aromatic rings. The highest BCUT2D eigenvalue weighted by Gasteiger charge is 2.30. The number of halogens is 2. The highest BCUT2D eigenvalue weighted by molar-refractivity contribution is 9.10. The number of hydrogen-bond acceptors (Lipinski definition) is 5. The van der Waals surface area contributed by atoms with Crippen LogP contribution in [-0.4, -0.2) is 41.8 Å². The summed E-state index contributed by atoms with van der Waals surface area (Å²) >= 11 is 10.7. The van der Waals surface area contributed by atoms with E-state index >= 15 is 0 Å². The number of amidine groups is 1. The number of amides is 1. The van der Waals surface area contributed by atoms with Crippen molar-refractivity contribution in [1.29, 1.82) is 0 Å². The summed E-state index contributed by atoms with van der Waals surface area (Å²) in [6.07, 6.45) is 1.69. The van der Waals surface area contributed by atoms with E-state index < -0.39 is 0 Å². The van der Waals surface area contributed by atoms with E-state index in [2.05, 4.69) is 20.9 Å². The Balaban J connectivity index is 2.50. The van der Waals surface area contributed by atoms with Gasteiger partial charge in [-0.05, 0) is 52.3 Å². The van der Waals surface area contributed by atoms with Crippen molar-refractivity contribution < 1.29 is 14.6 Å². The number of benzene rings is 1. The summed E-state index contributed by atoms with van der Waals surface area (Å²) in [5, 5.41) is 10.7. The molecule has 0 aromatic heterocycles. The van der Waals surface area contributed by atoms with E-state index in [-0.39, 0.29) is 22.4 Å². The summed E-state index contributed by atoms with van der Waals surface area (Å²) in [7, 11) is 3.30. The van der Waals surface area contributed by atoms with Crippen LogP contribution in [0.25, 0.3) is 6.08 Å². The molecule has 1 N–H and O–H groups in total. The smallest absolute Gasteiger partial charge is 0.266 e. The van der Waals surface area contributed by atoms with Gasteiger partial charge in [-0.1, -0.05) is 11.6 Å². The largest absolute Gasteiger partial charge is 0.503 e. The molecule has 1 aromatic carbocycles. The van der Waals surface area contributed by atoms with Gasteiger partial charge in [0.25, 0.3) is 5.91 Å². The van der Waals surface area contributed by atoms with Crippen molar-refractivity contribution in [2.75, 3.05) is 20.7 Å². The number of ether oxygens (including phenoxy) is 1. The molecule has 1 aliphatic heterocycles. The third-order valence-corrected chi connectivity index (χ3v) is 5.56. The number of carbonyl (C=O) groups is 1. The molecule has 0 saturated carbocycles. The fraction of sp³-hybridized carbons (Fsp3) is 0.286. The maximum atomic E-state index is 12.2. The van der Waals surface area contributed by atoms with Crippen LogP contribution in [0.5, 0.6) is 11.5 Å². The van der Waals surface area contributed by atoms with Crippen LogP contribution in [0, 0.1) is 0 Å². The molecule has 1 fully saturated rings. The Labute approximate surface area is 146 Å². The average Bonchev–Trinajstić information content (AvgIpc) is 2.77. The fourth-order valence-electron chi connectivity index (χ4n) is 1.87. The Morgan fingerprint density at radius 1 is 1.59 bits per heavy atom. The number of thioether (sulfide) groups is 1. The highest BCUT2D eigenvalue weighted by Crippen LogP contribution is 2.43. The van der Waals surface area contributed by atoms with Crippen molar-refractivity contribution in [3.63, 3.8) is 0 Å². The molecule has 22 heavy (non-hydrogen) atoms. The molecule has 2 rings (SSSR count). The number of aliphatic imine (C=N–C) groups is 1. The zero-order valence-corrected chi connectivity index (χ0v) is 15.3. The molecule has 0 spiro atoms. The second kappa shape index (κ2) is 6.93. The van der Waals surface area contributed by atoms with Gasteiger partial charge in [-0.3, -0.25) is 14.7 Å². The lowest BCUT2D eigenvalue weighted by Gasteiger charge is -2.11. The minimum Gasteiger partial charge on any atom is -0.503 e. The van der Waals surface area contributed by atoms with Crippen molar-refractivity contribution >= 4 is 56.4 Å². The maximum absolute atomic E-state index is 12.2. The van der Waals surface area contributed by atoms with Gasteiger partial charge in [0.1, 0.15) is 5.02 Å². The molecule has 0 unspecified atom stereocenters. The summed E-state index contributed by atoms with van der Waals surface area (Å²) in [4.78, 5) is 18.2. The molecule has 1 aliphatic rings. The number of hydrogen-bond donors (Lipinski definition) is 1. The molecule has 0 aliphatic carbocycles. The minimum atomic E-state index is -0.139.